The Morgan fingerprint density at radius 3 is 2.58 bits per heavy atom. The van der Waals surface area contributed by atoms with Crippen molar-refractivity contribution in [1.29, 1.82) is 0 Å². The molecular weight excluding hydrogens is 344 g/mol. The van der Waals surface area contributed by atoms with Gasteiger partial charge in [-0.1, -0.05) is 30.3 Å². The average molecular weight is 373 g/mol. The van der Waals surface area contributed by atoms with Crippen LogP contribution in [0.4, 0.5) is 0 Å². The first-order valence-corrected chi connectivity index (χ1v) is 10.1. The van der Waals surface area contributed by atoms with Gasteiger partial charge in [-0.2, -0.15) is 0 Å². The van der Waals surface area contributed by atoms with Crippen LogP contribution in [0.1, 0.15) is 22.9 Å². The van der Waals surface area contributed by atoms with Crippen LogP contribution in [-0.2, 0) is 24.4 Å². The maximum absolute atomic E-state index is 5.41. The number of hydrogen-bond acceptors (Lipinski definition) is 4. The molecule has 0 bridgehead atoms. The van der Waals surface area contributed by atoms with Crippen LogP contribution in [0.2, 0.25) is 0 Å². The number of rotatable bonds is 7. The van der Waals surface area contributed by atoms with Crippen LogP contribution in [-0.4, -0.2) is 43.7 Å². The molecule has 140 valence electrons. The summed E-state index contributed by atoms with van der Waals surface area (Å²) in [4.78, 5) is 8.45. The number of nitrogens with one attached hydrogen (secondary N) is 2. The number of morpholine rings is 1. The predicted molar refractivity (Wildman–Crippen MR) is 109 cm³/mol. The van der Waals surface area contributed by atoms with E-state index in [1.54, 1.807) is 11.3 Å². The van der Waals surface area contributed by atoms with Crippen molar-refractivity contribution in [2.75, 3.05) is 32.8 Å². The fraction of sp³-hybridized carbons (Fsp3) is 0.450. The zero-order chi connectivity index (χ0) is 18.0. The molecule has 1 aromatic heterocycles. The Balaban J connectivity index is 1.51. The van der Waals surface area contributed by atoms with Gasteiger partial charge in [0, 0.05) is 31.1 Å². The van der Waals surface area contributed by atoms with Crippen molar-refractivity contribution in [3.63, 3.8) is 0 Å². The molecule has 0 atom stereocenters. The second kappa shape index (κ2) is 10.3. The number of guanidine groups is 1. The lowest BCUT2D eigenvalue weighted by Gasteiger charge is -2.26. The van der Waals surface area contributed by atoms with Gasteiger partial charge in [-0.3, -0.25) is 4.90 Å². The Hall–Kier alpha value is -1.89. The standard InChI is InChI=1S/C20H28N4OS/c1-2-21-20(23-15-19-4-3-13-26-19)22-14-17-5-7-18(8-6-17)16-24-9-11-25-12-10-24/h3-8,13H,2,9-12,14-16H2,1H3,(H2,21,22,23). The van der Waals surface area contributed by atoms with Crippen LogP contribution in [0.3, 0.4) is 0 Å². The molecule has 1 saturated heterocycles. The summed E-state index contributed by atoms with van der Waals surface area (Å²) in [6, 6.07) is 13.0. The van der Waals surface area contributed by atoms with Gasteiger partial charge in [0.05, 0.1) is 26.3 Å². The number of ether oxygens (including phenoxy) is 1. The van der Waals surface area contributed by atoms with Crippen LogP contribution in [0, 0.1) is 0 Å². The van der Waals surface area contributed by atoms with Gasteiger partial charge >= 0.3 is 0 Å². The summed E-state index contributed by atoms with van der Waals surface area (Å²) >= 11 is 1.76. The zero-order valence-electron chi connectivity index (χ0n) is 15.4. The third kappa shape index (κ3) is 6.12. The molecule has 0 saturated carbocycles. The average Bonchev–Trinajstić information content (AvgIpc) is 3.20. The number of nitrogens with zero attached hydrogens (tertiary/aromatic N) is 2. The molecule has 26 heavy (non-hydrogen) atoms. The minimum Gasteiger partial charge on any atom is -0.379 e. The molecule has 1 aliphatic heterocycles. The molecule has 0 aliphatic carbocycles. The monoisotopic (exact) mass is 372 g/mol. The normalized spacial score (nSPS) is 15.8. The summed E-state index contributed by atoms with van der Waals surface area (Å²) in [7, 11) is 0. The molecule has 3 rings (SSSR count). The molecule has 5 nitrogen and oxygen atoms in total. The number of hydrogen-bond donors (Lipinski definition) is 2. The molecule has 1 aliphatic rings. The Morgan fingerprint density at radius 2 is 1.88 bits per heavy atom. The molecule has 2 heterocycles. The molecule has 0 amide bonds. The largest absolute Gasteiger partial charge is 0.379 e. The fourth-order valence-corrected chi connectivity index (χ4v) is 3.51. The van der Waals surface area contributed by atoms with Gasteiger partial charge in [-0.25, -0.2) is 4.99 Å². The molecule has 0 unspecified atom stereocenters. The summed E-state index contributed by atoms with van der Waals surface area (Å²) in [6.45, 7) is 9.16. The van der Waals surface area contributed by atoms with E-state index in [4.69, 9.17) is 9.73 Å². The maximum atomic E-state index is 5.41. The topological polar surface area (TPSA) is 48.9 Å². The van der Waals surface area contributed by atoms with E-state index in [1.165, 1.54) is 16.0 Å². The summed E-state index contributed by atoms with van der Waals surface area (Å²) in [5, 5.41) is 8.79. The van der Waals surface area contributed by atoms with E-state index in [0.717, 1.165) is 51.9 Å². The third-order valence-electron chi connectivity index (χ3n) is 4.31. The lowest BCUT2D eigenvalue weighted by Crippen LogP contribution is -2.36. The van der Waals surface area contributed by atoms with Gasteiger partial charge < -0.3 is 15.4 Å². The van der Waals surface area contributed by atoms with Crippen LogP contribution in [0.15, 0.2) is 46.8 Å². The Labute approximate surface area is 160 Å². The van der Waals surface area contributed by atoms with Crippen molar-refractivity contribution in [2.45, 2.75) is 26.6 Å². The zero-order valence-corrected chi connectivity index (χ0v) is 16.2. The highest BCUT2D eigenvalue weighted by atomic mass is 32.1. The summed E-state index contributed by atoms with van der Waals surface area (Å²) in [6.07, 6.45) is 0. The fourth-order valence-electron chi connectivity index (χ4n) is 2.86. The Bertz CT molecular complexity index is 664. The summed E-state index contributed by atoms with van der Waals surface area (Å²) in [5.41, 5.74) is 2.58. The van der Waals surface area contributed by atoms with Crippen LogP contribution >= 0.6 is 11.3 Å². The Morgan fingerprint density at radius 1 is 1.12 bits per heavy atom. The summed E-state index contributed by atoms with van der Waals surface area (Å²) < 4.78 is 5.41. The van der Waals surface area contributed by atoms with Crippen molar-refractivity contribution >= 4 is 17.3 Å². The molecule has 1 fully saturated rings. The second-order valence-corrected chi connectivity index (χ2v) is 7.37. The van der Waals surface area contributed by atoms with Crippen LogP contribution in [0.5, 0.6) is 0 Å². The van der Waals surface area contributed by atoms with Crippen molar-refractivity contribution in [3.05, 3.63) is 57.8 Å². The summed E-state index contributed by atoms with van der Waals surface area (Å²) in [5.74, 6) is 0.860. The van der Waals surface area contributed by atoms with Crippen molar-refractivity contribution in [3.8, 4) is 0 Å². The highest BCUT2D eigenvalue weighted by molar-refractivity contribution is 7.09. The Kier molecular flexibility index (Phi) is 7.49. The van der Waals surface area contributed by atoms with Crippen molar-refractivity contribution in [2.24, 2.45) is 4.99 Å². The van der Waals surface area contributed by atoms with E-state index in [-0.39, 0.29) is 0 Å². The number of thiophene rings is 1. The molecule has 0 spiro atoms. The minimum absolute atomic E-state index is 0.678. The van der Waals surface area contributed by atoms with Crippen molar-refractivity contribution in [1.82, 2.24) is 15.5 Å². The van der Waals surface area contributed by atoms with E-state index in [9.17, 15) is 0 Å². The first-order valence-electron chi connectivity index (χ1n) is 9.26. The molecule has 0 radical (unpaired) electrons. The van der Waals surface area contributed by atoms with Gasteiger partial charge in [0.2, 0.25) is 0 Å². The predicted octanol–water partition coefficient (Wildman–Crippen LogP) is 2.84. The van der Waals surface area contributed by atoms with Gasteiger partial charge in [0.25, 0.3) is 0 Å². The van der Waals surface area contributed by atoms with Crippen LogP contribution in [0.25, 0.3) is 0 Å². The van der Waals surface area contributed by atoms with E-state index >= 15 is 0 Å². The van der Waals surface area contributed by atoms with E-state index < -0.39 is 0 Å². The first kappa shape index (κ1) is 18.9. The highest BCUT2D eigenvalue weighted by Crippen LogP contribution is 2.10. The van der Waals surface area contributed by atoms with Crippen LogP contribution < -0.4 is 10.6 Å². The van der Waals surface area contributed by atoms with Gasteiger partial charge in [-0.05, 0) is 29.5 Å². The quantitative estimate of drug-likeness (QED) is 0.580. The first-order chi connectivity index (χ1) is 12.8. The van der Waals surface area contributed by atoms with E-state index in [2.05, 4.69) is 64.2 Å². The third-order valence-corrected chi connectivity index (χ3v) is 5.18. The number of benzene rings is 1. The molecule has 1 aromatic carbocycles. The maximum Gasteiger partial charge on any atom is 0.191 e. The lowest BCUT2D eigenvalue weighted by molar-refractivity contribution is 0.0342. The smallest absolute Gasteiger partial charge is 0.191 e. The van der Waals surface area contributed by atoms with Crippen molar-refractivity contribution < 1.29 is 4.74 Å². The number of aliphatic imine (C=N–C) groups is 1. The molecule has 2 N–H and O–H groups in total. The molecule has 2 aromatic rings. The SMILES string of the molecule is CCNC(=NCc1ccc(CN2CCOCC2)cc1)NCc1cccs1. The highest BCUT2D eigenvalue weighted by Gasteiger charge is 2.10. The minimum atomic E-state index is 0.678. The van der Waals surface area contributed by atoms with Gasteiger partial charge in [-0.15, -0.1) is 11.3 Å². The molecule has 6 heteroatoms. The van der Waals surface area contributed by atoms with E-state index in [0.29, 0.717) is 6.54 Å². The van der Waals surface area contributed by atoms with Gasteiger partial charge in [0.15, 0.2) is 5.96 Å². The van der Waals surface area contributed by atoms with Gasteiger partial charge in [0.1, 0.15) is 0 Å². The lowest BCUT2D eigenvalue weighted by atomic mass is 10.1. The second-order valence-electron chi connectivity index (χ2n) is 6.33. The van der Waals surface area contributed by atoms with E-state index in [1.807, 2.05) is 0 Å². The molecular formula is C20H28N4OS.